The predicted molar refractivity (Wildman–Crippen MR) is 78.2 cm³/mol. The minimum Gasteiger partial charge on any atom is -0.325 e. The SMILES string of the molecule is Cc1c(NC(=O)CSc2nncn2C)cccc1[N+](=O)[O-]. The van der Waals surface area contributed by atoms with E-state index in [1.807, 2.05) is 0 Å². The van der Waals surface area contributed by atoms with Gasteiger partial charge in [-0.25, -0.2) is 0 Å². The van der Waals surface area contributed by atoms with Gasteiger partial charge in [0.05, 0.1) is 21.9 Å². The van der Waals surface area contributed by atoms with Gasteiger partial charge in [0.25, 0.3) is 5.69 Å². The van der Waals surface area contributed by atoms with Crippen molar-refractivity contribution in [2.75, 3.05) is 11.1 Å². The number of nitro benzene ring substituents is 1. The molecule has 0 radical (unpaired) electrons. The number of aromatic nitrogens is 3. The molecule has 0 unspecified atom stereocenters. The molecule has 9 heteroatoms. The average molecular weight is 307 g/mol. The molecule has 1 heterocycles. The Balaban J connectivity index is 2.01. The van der Waals surface area contributed by atoms with Gasteiger partial charge in [0.15, 0.2) is 5.16 Å². The molecule has 1 amide bonds. The van der Waals surface area contributed by atoms with Gasteiger partial charge < -0.3 is 9.88 Å². The van der Waals surface area contributed by atoms with Crippen LogP contribution in [-0.4, -0.2) is 31.3 Å². The highest BCUT2D eigenvalue weighted by Gasteiger charge is 2.15. The highest BCUT2D eigenvalue weighted by molar-refractivity contribution is 7.99. The number of carbonyl (C=O) groups is 1. The van der Waals surface area contributed by atoms with Gasteiger partial charge in [-0.05, 0) is 13.0 Å². The zero-order valence-corrected chi connectivity index (χ0v) is 12.3. The molecule has 1 aromatic heterocycles. The van der Waals surface area contributed by atoms with E-state index in [1.165, 1.54) is 23.9 Å². The van der Waals surface area contributed by atoms with E-state index in [-0.39, 0.29) is 17.3 Å². The quantitative estimate of drug-likeness (QED) is 0.513. The van der Waals surface area contributed by atoms with Crippen molar-refractivity contribution in [3.63, 3.8) is 0 Å². The van der Waals surface area contributed by atoms with Crippen LogP contribution in [0.3, 0.4) is 0 Å². The van der Waals surface area contributed by atoms with Crippen molar-refractivity contribution in [2.45, 2.75) is 12.1 Å². The Labute approximate surface area is 124 Å². The lowest BCUT2D eigenvalue weighted by molar-refractivity contribution is -0.385. The number of carbonyl (C=O) groups excluding carboxylic acids is 1. The van der Waals surface area contributed by atoms with Gasteiger partial charge in [-0.1, -0.05) is 17.8 Å². The number of hydrogen-bond donors (Lipinski definition) is 1. The summed E-state index contributed by atoms with van der Waals surface area (Å²) in [6.07, 6.45) is 1.55. The van der Waals surface area contributed by atoms with Crippen LogP contribution in [0.15, 0.2) is 29.7 Å². The number of nitrogens with zero attached hydrogens (tertiary/aromatic N) is 4. The fourth-order valence-electron chi connectivity index (χ4n) is 1.68. The van der Waals surface area contributed by atoms with Gasteiger partial charge in [0.2, 0.25) is 5.91 Å². The number of amides is 1. The first-order chi connectivity index (χ1) is 9.99. The van der Waals surface area contributed by atoms with Crippen molar-refractivity contribution < 1.29 is 9.72 Å². The first-order valence-electron chi connectivity index (χ1n) is 5.99. The summed E-state index contributed by atoms with van der Waals surface area (Å²) in [6.45, 7) is 1.60. The zero-order valence-electron chi connectivity index (χ0n) is 11.4. The van der Waals surface area contributed by atoms with Gasteiger partial charge in [0, 0.05) is 13.1 Å². The van der Waals surface area contributed by atoms with E-state index in [2.05, 4.69) is 15.5 Å². The van der Waals surface area contributed by atoms with E-state index in [0.29, 0.717) is 16.4 Å². The van der Waals surface area contributed by atoms with Crippen LogP contribution < -0.4 is 5.32 Å². The second kappa shape index (κ2) is 6.35. The zero-order chi connectivity index (χ0) is 15.4. The smallest absolute Gasteiger partial charge is 0.274 e. The maximum Gasteiger partial charge on any atom is 0.274 e. The third-order valence-corrected chi connectivity index (χ3v) is 3.81. The van der Waals surface area contributed by atoms with Gasteiger partial charge in [-0.3, -0.25) is 14.9 Å². The molecule has 0 fully saturated rings. The molecule has 0 saturated heterocycles. The highest BCUT2D eigenvalue weighted by Crippen LogP contribution is 2.25. The van der Waals surface area contributed by atoms with Crippen LogP contribution >= 0.6 is 11.8 Å². The third-order valence-electron chi connectivity index (χ3n) is 2.78. The average Bonchev–Trinajstić information content (AvgIpc) is 2.84. The first-order valence-corrected chi connectivity index (χ1v) is 6.98. The maximum atomic E-state index is 11.9. The Bertz CT molecular complexity index is 685. The second-order valence-corrected chi connectivity index (χ2v) is 5.21. The topological polar surface area (TPSA) is 103 Å². The van der Waals surface area contributed by atoms with E-state index >= 15 is 0 Å². The number of hydrogen-bond acceptors (Lipinski definition) is 6. The molecule has 21 heavy (non-hydrogen) atoms. The normalized spacial score (nSPS) is 10.4. The first kappa shape index (κ1) is 15.0. The minimum atomic E-state index is -0.473. The van der Waals surface area contributed by atoms with Gasteiger partial charge in [0.1, 0.15) is 6.33 Å². The summed E-state index contributed by atoms with van der Waals surface area (Å²) < 4.78 is 1.70. The monoisotopic (exact) mass is 307 g/mol. The second-order valence-electron chi connectivity index (χ2n) is 4.27. The lowest BCUT2D eigenvalue weighted by atomic mass is 10.1. The van der Waals surface area contributed by atoms with E-state index in [1.54, 1.807) is 30.9 Å². The van der Waals surface area contributed by atoms with Gasteiger partial charge >= 0.3 is 0 Å². The lowest BCUT2D eigenvalue weighted by Gasteiger charge is -2.08. The van der Waals surface area contributed by atoms with Crippen molar-refractivity contribution in [2.24, 2.45) is 7.05 Å². The lowest BCUT2D eigenvalue weighted by Crippen LogP contribution is -2.15. The van der Waals surface area contributed by atoms with Crippen LogP contribution in [0, 0.1) is 17.0 Å². The molecule has 2 aromatic rings. The largest absolute Gasteiger partial charge is 0.325 e. The van der Waals surface area contributed by atoms with Crippen molar-refractivity contribution in [3.05, 3.63) is 40.2 Å². The summed E-state index contributed by atoms with van der Waals surface area (Å²) in [6, 6.07) is 4.57. The number of anilines is 1. The molecule has 0 spiro atoms. The molecule has 0 atom stereocenters. The molecule has 0 aliphatic rings. The Kier molecular flexibility index (Phi) is 4.53. The molecule has 2 rings (SSSR count). The van der Waals surface area contributed by atoms with Crippen LogP contribution in [0.1, 0.15) is 5.56 Å². The number of benzene rings is 1. The molecule has 0 aliphatic heterocycles. The summed E-state index contributed by atoms with van der Waals surface area (Å²) in [7, 11) is 1.78. The van der Waals surface area contributed by atoms with Crippen molar-refractivity contribution in [3.8, 4) is 0 Å². The molecule has 110 valence electrons. The van der Waals surface area contributed by atoms with Crippen LogP contribution in [0.2, 0.25) is 0 Å². The predicted octanol–water partition coefficient (Wildman–Crippen LogP) is 1.76. The maximum absolute atomic E-state index is 11.9. The Morgan fingerprint density at radius 3 is 2.90 bits per heavy atom. The van der Waals surface area contributed by atoms with Crippen LogP contribution in [-0.2, 0) is 11.8 Å². The number of nitro groups is 1. The van der Waals surface area contributed by atoms with Crippen molar-refractivity contribution in [1.82, 2.24) is 14.8 Å². The Morgan fingerprint density at radius 1 is 1.52 bits per heavy atom. The third kappa shape index (κ3) is 3.57. The summed E-state index contributed by atoms with van der Waals surface area (Å²) in [5.41, 5.74) is 0.848. The van der Waals surface area contributed by atoms with E-state index in [9.17, 15) is 14.9 Å². The Hall–Kier alpha value is -2.42. The summed E-state index contributed by atoms with van der Waals surface area (Å²) in [5, 5.41) is 21.7. The molecule has 0 saturated carbocycles. The summed E-state index contributed by atoms with van der Waals surface area (Å²) in [5.74, 6) is -0.110. The molecule has 0 bridgehead atoms. The van der Waals surface area contributed by atoms with Gasteiger partial charge in [-0.2, -0.15) is 0 Å². The van der Waals surface area contributed by atoms with E-state index < -0.39 is 4.92 Å². The van der Waals surface area contributed by atoms with Gasteiger partial charge in [-0.15, -0.1) is 10.2 Å². The molecular weight excluding hydrogens is 294 g/mol. The molecular formula is C12H13N5O3S. The molecule has 8 nitrogen and oxygen atoms in total. The van der Waals surface area contributed by atoms with Crippen molar-refractivity contribution >= 4 is 29.0 Å². The van der Waals surface area contributed by atoms with Crippen LogP contribution in [0.25, 0.3) is 0 Å². The number of rotatable bonds is 5. The Morgan fingerprint density at radius 2 is 2.29 bits per heavy atom. The summed E-state index contributed by atoms with van der Waals surface area (Å²) in [4.78, 5) is 22.3. The van der Waals surface area contributed by atoms with E-state index in [4.69, 9.17) is 0 Å². The fourth-order valence-corrected chi connectivity index (χ4v) is 2.36. The minimum absolute atomic E-state index is 0.0197. The van der Waals surface area contributed by atoms with Crippen molar-refractivity contribution in [1.29, 1.82) is 0 Å². The molecule has 0 aliphatic carbocycles. The number of nitrogens with one attached hydrogen (secondary N) is 1. The van der Waals surface area contributed by atoms with Crippen LogP contribution in [0.5, 0.6) is 0 Å². The van der Waals surface area contributed by atoms with E-state index in [0.717, 1.165) is 0 Å². The summed E-state index contributed by atoms with van der Waals surface area (Å²) >= 11 is 1.24. The molecule has 1 aromatic carbocycles. The number of thioether (sulfide) groups is 1. The standard InChI is InChI=1S/C12H13N5O3S/c1-8-9(4-3-5-10(8)17(19)20)14-11(18)6-21-12-15-13-7-16(12)2/h3-5,7H,6H2,1-2H3,(H,14,18). The molecule has 1 N–H and O–H groups in total. The number of aryl methyl sites for hydroxylation is 1. The van der Waals surface area contributed by atoms with Crippen LogP contribution in [0.4, 0.5) is 11.4 Å². The highest BCUT2D eigenvalue weighted by atomic mass is 32.2. The fraction of sp³-hybridized carbons (Fsp3) is 0.250.